The molecule has 0 aromatic rings. The van der Waals surface area contributed by atoms with Gasteiger partial charge in [-0.25, -0.2) is 0 Å². The van der Waals surface area contributed by atoms with E-state index in [1.165, 1.54) is 12.8 Å². The maximum atomic E-state index is 5.91. The molecule has 1 N–H and O–H groups in total. The van der Waals surface area contributed by atoms with Crippen LogP contribution in [0.1, 0.15) is 40.5 Å². The van der Waals surface area contributed by atoms with Crippen LogP contribution in [0.15, 0.2) is 0 Å². The summed E-state index contributed by atoms with van der Waals surface area (Å²) in [5.41, 5.74) is 0.503. The molecule has 1 fully saturated rings. The quantitative estimate of drug-likeness (QED) is 0.677. The van der Waals surface area contributed by atoms with Gasteiger partial charge >= 0.3 is 0 Å². The van der Waals surface area contributed by atoms with Crippen molar-refractivity contribution in [1.29, 1.82) is 0 Å². The van der Waals surface area contributed by atoms with E-state index >= 15 is 0 Å². The molecule has 0 saturated carbocycles. The highest BCUT2D eigenvalue weighted by Gasteiger charge is 2.36. The number of hydrogen-bond donors (Lipinski definition) is 1. The van der Waals surface area contributed by atoms with Crippen molar-refractivity contribution >= 4 is 24.0 Å². The van der Waals surface area contributed by atoms with Gasteiger partial charge in [-0.05, 0) is 46.5 Å². The molecule has 13 heavy (non-hydrogen) atoms. The smallest absolute Gasteiger partial charge is 0.0253 e. The number of piperidine rings is 1. The second-order valence-electron chi connectivity index (χ2n) is 5.32. The summed E-state index contributed by atoms with van der Waals surface area (Å²) in [4.78, 5) is 0. The first kappa shape index (κ1) is 13.5. The largest absolute Gasteiger partial charge is 0.307 e. The molecule has 0 radical (unpaired) electrons. The predicted octanol–water partition coefficient (Wildman–Crippen LogP) is 3.20. The van der Waals surface area contributed by atoms with Crippen molar-refractivity contribution in [2.45, 2.75) is 51.6 Å². The summed E-state index contributed by atoms with van der Waals surface area (Å²) in [6, 6.07) is 0. The molecule has 3 heteroatoms. The Hall–Kier alpha value is 0.540. The van der Waals surface area contributed by atoms with Gasteiger partial charge in [0.2, 0.25) is 0 Å². The highest BCUT2D eigenvalue weighted by molar-refractivity contribution is 6.18. The summed E-state index contributed by atoms with van der Waals surface area (Å²) < 4.78 is 0. The number of halogens is 2. The van der Waals surface area contributed by atoms with Gasteiger partial charge in [0.05, 0.1) is 0 Å². The normalized spacial score (nSPS) is 26.5. The third-order valence-electron chi connectivity index (χ3n) is 2.49. The van der Waals surface area contributed by atoms with Crippen molar-refractivity contribution < 1.29 is 0 Å². The lowest BCUT2D eigenvalue weighted by Crippen LogP contribution is -2.58. The van der Waals surface area contributed by atoms with Crippen molar-refractivity contribution in [2.75, 3.05) is 5.88 Å². The van der Waals surface area contributed by atoms with Crippen molar-refractivity contribution in [3.63, 3.8) is 0 Å². The van der Waals surface area contributed by atoms with Gasteiger partial charge in [-0.3, -0.25) is 0 Å². The molecule has 1 saturated heterocycles. The lowest BCUT2D eigenvalue weighted by molar-refractivity contribution is 0.139. The van der Waals surface area contributed by atoms with Crippen molar-refractivity contribution in [3.05, 3.63) is 0 Å². The third-order valence-corrected chi connectivity index (χ3v) is 2.93. The minimum atomic E-state index is 0. The minimum absolute atomic E-state index is 0. The molecular weight excluding hydrogens is 205 g/mol. The van der Waals surface area contributed by atoms with E-state index in [1.54, 1.807) is 0 Å². The van der Waals surface area contributed by atoms with Gasteiger partial charge in [-0.15, -0.1) is 24.0 Å². The lowest BCUT2D eigenvalue weighted by Gasteiger charge is -2.46. The fourth-order valence-electron chi connectivity index (χ4n) is 2.64. The zero-order valence-corrected chi connectivity index (χ0v) is 10.6. The summed E-state index contributed by atoms with van der Waals surface area (Å²) in [7, 11) is 0. The monoisotopic (exact) mass is 225 g/mol. The molecule has 1 rings (SSSR count). The van der Waals surface area contributed by atoms with E-state index < -0.39 is 0 Å². The summed E-state index contributed by atoms with van der Waals surface area (Å²) in [5, 5.41) is 3.64. The molecule has 1 heterocycles. The van der Waals surface area contributed by atoms with E-state index in [4.69, 9.17) is 11.6 Å². The van der Waals surface area contributed by atoms with Crippen LogP contribution in [0.3, 0.4) is 0 Å². The topological polar surface area (TPSA) is 12.0 Å². The van der Waals surface area contributed by atoms with Gasteiger partial charge in [0, 0.05) is 17.0 Å². The van der Waals surface area contributed by atoms with Gasteiger partial charge in [-0.2, -0.15) is 0 Å². The molecule has 0 bridgehead atoms. The number of rotatable bonds is 1. The Kier molecular flexibility index (Phi) is 4.56. The number of hydrogen-bond acceptors (Lipinski definition) is 1. The van der Waals surface area contributed by atoms with Crippen LogP contribution in [0, 0.1) is 5.92 Å². The van der Waals surface area contributed by atoms with Crippen molar-refractivity contribution in [2.24, 2.45) is 5.92 Å². The van der Waals surface area contributed by atoms with Gasteiger partial charge in [0.15, 0.2) is 0 Å². The highest BCUT2D eigenvalue weighted by Crippen LogP contribution is 2.33. The molecular formula is C10H21Cl2N. The Morgan fingerprint density at radius 3 is 1.85 bits per heavy atom. The molecule has 1 aliphatic rings. The summed E-state index contributed by atoms with van der Waals surface area (Å²) in [5.74, 6) is 1.48. The maximum Gasteiger partial charge on any atom is 0.0253 e. The Bertz CT molecular complexity index is 150. The van der Waals surface area contributed by atoms with Crippen molar-refractivity contribution in [3.8, 4) is 0 Å². The van der Waals surface area contributed by atoms with E-state index in [2.05, 4.69) is 33.0 Å². The van der Waals surface area contributed by atoms with Crippen LogP contribution in [0.2, 0.25) is 0 Å². The Morgan fingerprint density at radius 2 is 1.54 bits per heavy atom. The zero-order valence-electron chi connectivity index (χ0n) is 8.98. The van der Waals surface area contributed by atoms with E-state index in [0.29, 0.717) is 5.92 Å². The first-order valence-corrected chi connectivity index (χ1v) is 5.23. The summed E-state index contributed by atoms with van der Waals surface area (Å²) in [6.45, 7) is 9.03. The van der Waals surface area contributed by atoms with Gasteiger partial charge in [-0.1, -0.05) is 0 Å². The molecule has 0 unspecified atom stereocenters. The van der Waals surface area contributed by atoms with Gasteiger partial charge in [0.25, 0.3) is 0 Å². The molecule has 0 spiro atoms. The molecule has 1 aliphatic heterocycles. The summed E-state index contributed by atoms with van der Waals surface area (Å²) >= 11 is 5.91. The maximum absolute atomic E-state index is 5.91. The number of alkyl halides is 1. The Morgan fingerprint density at radius 1 is 1.15 bits per heavy atom. The van der Waals surface area contributed by atoms with E-state index in [9.17, 15) is 0 Å². The van der Waals surface area contributed by atoms with Crippen LogP contribution in [-0.2, 0) is 0 Å². The number of nitrogens with one attached hydrogen (secondary N) is 1. The molecule has 0 aromatic carbocycles. The Labute approximate surface area is 93.0 Å². The second-order valence-corrected chi connectivity index (χ2v) is 5.63. The molecule has 0 amide bonds. The van der Waals surface area contributed by atoms with E-state index in [0.717, 1.165) is 5.88 Å². The molecule has 0 atom stereocenters. The van der Waals surface area contributed by atoms with Crippen molar-refractivity contribution in [1.82, 2.24) is 5.32 Å². The van der Waals surface area contributed by atoms with Crippen LogP contribution in [0.5, 0.6) is 0 Å². The van der Waals surface area contributed by atoms with Crippen LogP contribution in [0.4, 0.5) is 0 Å². The molecule has 0 aliphatic carbocycles. The van der Waals surface area contributed by atoms with Crippen LogP contribution in [-0.4, -0.2) is 17.0 Å². The van der Waals surface area contributed by atoms with E-state index in [1.807, 2.05) is 0 Å². The standard InChI is InChI=1S/C10H20ClN.ClH/c1-9(2)5-8(7-11)6-10(3,4)12-9;/h8,12H,5-7H2,1-4H3;1H. The fourth-order valence-corrected chi connectivity index (χ4v) is 2.86. The fraction of sp³-hybridized carbons (Fsp3) is 1.00. The second kappa shape index (κ2) is 4.37. The molecule has 0 aromatic heterocycles. The Balaban J connectivity index is 0.00000144. The molecule has 80 valence electrons. The van der Waals surface area contributed by atoms with E-state index in [-0.39, 0.29) is 23.5 Å². The zero-order chi connectivity index (χ0) is 9.41. The highest BCUT2D eigenvalue weighted by atomic mass is 35.5. The van der Waals surface area contributed by atoms with Gasteiger partial charge in [0.1, 0.15) is 0 Å². The first-order valence-electron chi connectivity index (χ1n) is 4.70. The average molecular weight is 226 g/mol. The molecule has 1 nitrogen and oxygen atoms in total. The first-order chi connectivity index (χ1) is 5.35. The van der Waals surface area contributed by atoms with Crippen LogP contribution < -0.4 is 5.32 Å². The van der Waals surface area contributed by atoms with Crippen LogP contribution in [0.25, 0.3) is 0 Å². The van der Waals surface area contributed by atoms with Gasteiger partial charge < -0.3 is 5.32 Å². The van der Waals surface area contributed by atoms with Crippen LogP contribution >= 0.6 is 24.0 Å². The summed E-state index contributed by atoms with van der Waals surface area (Å²) in [6.07, 6.45) is 2.39. The predicted molar refractivity (Wildman–Crippen MR) is 62.0 cm³/mol. The third kappa shape index (κ3) is 4.05. The lowest BCUT2D eigenvalue weighted by atomic mass is 9.77. The SMILES string of the molecule is CC1(C)CC(CCl)CC(C)(C)N1.Cl. The average Bonchev–Trinajstić information content (AvgIpc) is 1.80. The minimum Gasteiger partial charge on any atom is -0.307 e.